The standard InChI is InChI=1S/C9H13N2S.Y/c1-9(5-3-2-4-6-9)8-11-10-7-12-8;/h2-6H2,1H3;/q-1;. The van der Waals surface area contributed by atoms with E-state index in [9.17, 15) is 0 Å². The van der Waals surface area contributed by atoms with Gasteiger partial charge in [-0.25, -0.2) is 0 Å². The summed E-state index contributed by atoms with van der Waals surface area (Å²) >= 11 is 1.58. The molecule has 0 atom stereocenters. The van der Waals surface area contributed by atoms with Crippen LogP contribution in [0, 0.1) is 5.51 Å². The molecule has 1 aromatic heterocycles. The average molecular weight is 270 g/mol. The van der Waals surface area contributed by atoms with Gasteiger partial charge in [-0.2, -0.15) is 0 Å². The van der Waals surface area contributed by atoms with Gasteiger partial charge in [-0.1, -0.05) is 44.5 Å². The summed E-state index contributed by atoms with van der Waals surface area (Å²) in [6.07, 6.45) is 6.62. The Kier molecular flexibility index (Phi) is 4.47. The van der Waals surface area contributed by atoms with Gasteiger partial charge < -0.3 is 11.3 Å². The van der Waals surface area contributed by atoms with Crippen LogP contribution >= 0.6 is 11.3 Å². The largest absolute Gasteiger partial charge is 0.315 e. The summed E-state index contributed by atoms with van der Waals surface area (Å²) in [4.78, 5) is 0. The van der Waals surface area contributed by atoms with Gasteiger partial charge in [0, 0.05) is 32.7 Å². The number of nitrogens with zero attached hydrogens (tertiary/aromatic N) is 2. The summed E-state index contributed by atoms with van der Waals surface area (Å²) in [6, 6.07) is 0. The Labute approximate surface area is 108 Å². The number of hydrogen-bond acceptors (Lipinski definition) is 3. The van der Waals surface area contributed by atoms with Crippen LogP contribution < -0.4 is 0 Å². The molecule has 1 saturated carbocycles. The van der Waals surface area contributed by atoms with Crippen molar-refractivity contribution in [1.29, 1.82) is 0 Å². The molecule has 1 fully saturated rings. The molecule has 0 saturated heterocycles. The van der Waals surface area contributed by atoms with Crippen molar-refractivity contribution in [1.82, 2.24) is 10.2 Å². The molecule has 1 aliphatic carbocycles. The van der Waals surface area contributed by atoms with Gasteiger partial charge in [-0.3, -0.25) is 10.2 Å². The van der Waals surface area contributed by atoms with Crippen molar-refractivity contribution in [3.8, 4) is 0 Å². The first-order valence-electron chi connectivity index (χ1n) is 4.51. The minimum absolute atomic E-state index is 0. The molecule has 2 nitrogen and oxygen atoms in total. The van der Waals surface area contributed by atoms with E-state index in [-0.39, 0.29) is 32.7 Å². The maximum Gasteiger partial charge on any atom is 0 e. The van der Waals surface area contributed by atoms with E-state index in [0.717, 1.165) is 0 Å². The molecule has 1 aliphatic rings. The molecule has 4 heteroatoms. The van der Waals surface area contributed by atoms with Crippen molar-refractivity contribution in [2.24, 2.45) is 0 Å². The second-order valence-corrected chi connectivity index (χ2v) is 4.59. The normalized spacial score (nSPS) is 20.7. The van der Waals surface area contributed by atoms with Crippen LogP contribution in [0.4, 0.5) is 0 Å². The summed E-state index contributed by atoms with van der Waals surface area (Å²) in [5, 5.41) is 9.09. The zero-order valence-corrected chi connectivity index (χ0v) is 11.6. The van der Waals surface area contributed by atoms with E-state index in [1.807, 2.05) is 0 Å². The van der Waals surface area contributed by atoms with Crippen LogP contribution in [0.2, 0.25) is 0 Å². The Bertz CT molecular complexity index is 242. The van der Waals surface area contributed by atoms with Gasteiger partial charge >= 0.3 is 0 Å². The molecule has 0 amide bonds. The molecule has 69 valence electrons. The maximum atomic E-state index is 4.12. The first kappa shape index (κ1) is 11.7. The smallest absolute Gasteiger partial charge is 0 e. The van der Waals surface area contributed by atoms with Gasteiger partial charge in [-0.15, -0.1) is 0 Å². The van der Waals surface area contributed by atoms with Crippen molar-refractivity contribution in [3.05, 3.63) is 10.5 Å². The molecule has 1 aromatic rings. The van der Waals surface area contributed by atoms with Crippen molar-refractivity contribution >= 4 is 11.3 Å². The summed E-state index contributed by atoms with van der Waals surface area (Å²) in [5.74, 6) is 0. The Morgan fingerprint density at radius 2 is 2.00 bits per heavy atom. The monoisotopic (exact) mass is 270 g/mol. The quantitative estimate of drug-likeness (QED) is 0.733. The second kappa shape index (κ2) is 4.95. The number of rotatable bonds is 1. The molecule has 1 heterocycles. The molecule has 0 N–H and O–H groups in total. The van der Waals surface area contributed by atoms with Crippen LogP contribution in [-0.4, -0.2) is 10.2 Å². The maximum absolute atomic E-state index is 4.12. The third kappa shape index (κ3) is 2.57. The summed E-state index contributed by atoms with van der Waals surface area (Å²) in [6.45, 7) is 2.31. The molecular weight excluding hydrogens is 257 g/mol. The Morgan fingerprint density at radius 3 is 2.54 bits per heavy atom. The van der Waals surface area contributed by atoms with Crippen molar-refractivity contribution in [2.45, 2.75) is 44.4 Å². The van der Waals surface area contributed by atoms with Crippen LogP contribution in [0.15, 0.2) is 0 Å². The van der Waals surface area contributed by atoms with Gasteiger partial charge in [0.2, 0.25) is 0 Å². The van der Waals surface area contributed by atoms with Crippen LogP contribution in [0.3, 0.4) is 0 Å². The minimum atomic E-state index is 0. The van der Waals surface area contributed by atoms with Gasteiger partial charge in [0.15, 0.2) is 0 Å². The van der Waals surface area contributed by atoms with Crippen LogP contribution in [0.25, 0.3) is 0 Å². The van der Waals surface area contributed by atoms with E-state index in [2.05, 4.69) is 22.6 Å². The Hall–Kier alpha value is 0.664. The fourth-order valence-corrected chi connectivity index (χ4v) is 2.64. The molecule has 0 bridgehead atoms. The van der Waals surface area contributed by atoms with Crippen LogP contribution in [0.5, 0.6) is 0 Å². The number of aromatic nitrogens is 2. The second-order valence-electron chi connectivity index (χ2n) is 3.82. The van der Waals surface area contributed by atoms with Crippen LogP contribution in [-0.2, 0) is 38.1 Å². The van der Waals surface area contributed by atoms with Gasteiger partial charge in [0.1, 0.15) is 0 Å². The molecule has 13 heavy (non-hydrogen) atoms. The summed E-state index contributed by atoms with van der Waals surface area (Å²) in [5.41, 5.74) is 3.15. The minimum Gasteiger partial charge on any atom is -0.315 e. The Balaban J connectivity index is 0.000000845. The van der Waals surface area contributed by atoms with Crippen molar-refractivity contribution in [3.63, 3.8) is 0 Å². The SMILES string of the molecule is CC1(c2nn[c-]s2)CCCCC1.[Y]. The zero-order chi connectivity index (χ0) is 8.44. The molecule has 0 aliphatic heterocycles. The van der Waals surface area contributed by atoms with E-state index < -0.39 is 0 Å². The fraction of sp³-hybridized carbons (Fsp3) is 0.778. The van der Waals surface area contributed by atoms with Crippen molar-refractivity contribution < 1.29 is 32.7 Å². The molecular formula is C9H13N2SY-. The average Bonchev–Trinajstić information content (AvgIpc) is 2.58. The first-order chi connectivity index (χ1) is 5.81. The van der Waals surface area contributed by atoms with E-state index in [1.165, 1.54) is 37.1 Å². The molecule has 1 radical (unpaired) electrons. The third-order valence-electron chi connectivity index (χ3n) is 2.80. The summed E-state index contributed by atoms with van der Waals surface area (Å²) in [7, 11) is 0. The molecule has 2 rings (SSSR count). The Morgan fingerprint density at radius 1 is 1.31 bits per heavy atom. The van der Waals surface area contributed by atoms with E-state index >= 15 is 0 Å². The first-order valence-corrected chi connectivity index (χ1v) is 5.33. The van der Waals surface area contributed by atoms with E-state index in [0.29, 0.717) is 5.41 Å². The van der Waals surface area contributed by atoms with Crippen molar-refractivity contribution in [2.75, 3.05) is 0 Å². The van der Waals surface area contributed by atoms with E-state index in [4.69, 9.17) is 0 Å². The predicted molar refractivity (Wildman–Crippen MR) is 49.2 cm³/mol. The van der Waals surface area contributed by atoms with Gasteiger partial charge in [0.25, 0.3) is 0 Å². The molecule has 0 unspecified atom stereocenters. The zero-order valence-electron chi connectivity index (χ0n) is 7.92. The summed E-state index contributed by atoms with van der Waals surface area (Å²) < 4.78 is 0. The third-order valence-corrected chi connectivity index (χ3v) is 3.74. The fourth-order valence-electron chi connectivity index (χ4n) is 1.94. The predicted octanol–water partition coefficient (Wildman–Crippen LogP) is 2.56. The topological polar surface area (TPSA) is 25.8 Å². The van der Waals surface area contributed by atoms with Crippen LogP contribution in [0.1, 0.15) is 44.0 Å². The molecule has 0 spiro atoms. The number of hydrogen-bond donors (Lipinski definition) is 0. The van der Waals surface area contributed by atoms with E-state index in [1.54, 1.807) is 11.3 Å². The van der Waals surface area contributed by atoms with Gasteiger partial charge in [0.05, 0.1) is 0 Å². The van der Waals surface area contributed by atoms with Gasteiger partial charge in [-0.05, 0) is 10.4 Å². The molecule has 0 aromatic carbocycles.